The Kier molecular flexibility index (Phi) is 6.47. The molecule has 1 N–H and O–H groups in total. The highest BCUT2D eigenvalue weighted by molar-refractivity contribution is 5.66. The molecule has 0 bridgehead atoms. The van der Waals surface area contributed by atoms with E-state index in [4.69, 9.17) is 0 Å². The summed E-state index contributed by atoms with van der Waals surface area (Å²) in [5.74, 6) is 0. The van der Waals surface area contributed by atoms with E-state index < -0.39 is 0 Å². The Bertz CT molecular complexity index is 126. The lowest BCUT2D eigenvalue weighted by molar-refractivity contribution is 0.152. The number of rotatable bonds is 5. The molecular weight excluding hydrogens is 156 g/mol. The monoisotopic (exact) mass is 174 g/mol. The molecule has 12 heavy (non-hydrogen) atoms. The minimum atomic E-state index is -0.323. The SMILES string of the molecule is CCOC(=O)NCCCN(C)C. The zero-order valence-corrected chi connectivity index (χ0v) is 8.09. The number of hydrogen-bond donors (Lipinski definition) is 1. The first-order valence-corrected chi connectivity index (χ1v) is 4.22. The molecule has 0 saturated carbocycles. The van der Waals surface area contributed by atoms with Crippen molar-refractivity contribution in [3.63, 3.8) is 0 Å². The maximum atomic E-state index is 10.7. The van der Waals surface area contributed by atoms with E-state index in [-0.39, 0.29) is 6.09 Å². The average Bonchev–Trinajstić information content (AvgIpc) is 1.98. The van der Waals surface area contributed by atoms with Gasteiger partial charge in [0, 0.05) is 6.54 Å². The summed E-state index contributed by atoms with van der Waals surface area (Å²) in [6.45, 7) is 3.88. The summed E-state index contributed by atoms with van der Waals surface area (Å²) in [5, 5.41) is 2.65. The van der Waals surface area contributed by atoms with Gasteiger partial charge in [0.15, 0.2) is 0 Å². The zero-order valence-electron chi connectivity index (χ0n) is 8.09. The van der Waals surface area contributed by atoms with Gasteiger partial charge in [-0.25, -0.2) is 4.79 Å². The Labute approximate surface area is 73.9 Å². The topological polar surface area (TPSA) is 41.6 Å². The molecule has 0 fully saturated rings. The van der Waals surface area contributed by atoms with E-state index >= 15 is 0 Å². The van der Waals surface area contributed by atoms with Gasteiger partial charge in [-0.2, -0.15) is 0 Å². The molecule has 0 aliphatic carbocycles. The maximum Gasteiger partial charge on any atom is 0.407 e. The van der Waals surface area contributed by atoms with Crippen LogP contribution in [0.2, 0.25) is 0 Å². The van der Waals surface area contributed by atoms with Crippen molar-refractivity contribution in [2.75, 3.05) is 33.8 Å². The van der Waals surface area contributed by atoms with Crippen LogP contribution in [0.25, 0.3) is 0 Å². The summed E-state index contributed by atoms with van der Waals surface area (Å²) in [7, 11) is 4.01. The van der Waals surface area contributed by atoms with Crippen molar-refractivity contribution in [1.82, 2.24) is 10.2 Å². The summed E-state index contributed by atoms with van der Waals surface area (Å²) in [5.41, 5.74) is 0. The average molecular weight is 174 g/mol. The zero-order chi connectivity index (χ0) is 9.40. The van der Waals surface area contributed by atoms with Crippen LogP contribution in [0.15, 0.2) is 0 Å². The highest BCUT2D eigenvalue weighted by Gasteiger charge is 1.97. The third-order valence-electron chi connectivity index (χ3n) is 1.33. The standard InChI is InChI=1S/C8H18N2O2/c1-4-12-8(11)9-6-5-7-10(2)3/h4-7H2,1-3H3,(H,9,11). The van der Waals surface area contributed by atoms with Crippen LogP contribution >= 0.6 is 0 Å². The van der Waals surface area contributed by atoms with Gasteiger partial charge in [-0.05, 0) is 34.0 Å². The molecule has 4 heteroatoms. The van der Waals surface area contributed by atoms with E-state index in [1.54, 1.807) is 6.92 Å². The fourth-order valence-electron chi connectivity index (χ4n) is 0.768. The van der Waals surface area contributed by atoms with Crippen LogP contribution in [0.1, 0.15) is 13.3 Å². The Hall–Kier alpha value is -0.770. The van der Waals surface area contributed by atoms with E-state index in [0.29, 0.717) is 13.2 Å². The number of nitrogens with zero attached hydrogens (tertiary/aromatic N) is 1. The van der Waals surface area contributed by atoms with E-state index in [0.717, 1.165) is 13.0 Å². The third kappa shape index (κ3) is 7.34. The van der Waals surface area contributed by atoms with E-state index in [2.05, 4.69) is 15.0 Å². The third-order valence-corrected chi connectivity index (χ3v) is 1.33. The van der Waals surface area contributed by atoms with Crippen LogP contribution in [-0.4, -0.2) is 44.8 Å². The highest BCUT2D eigenvalue weighted by Crippen LogP contribution is 1.82. The van der Waals surface area contributed by atoms with Gasteiger partial charge >= 0.3 is 6.09 Å². The number of ether oxygens (including phenoxy) is 1. The fourth-order valence-corrected chi connectivity index (χ4v) is 0.768. The van der Waals surface area contributed by atoms with Crippen molar-refractivity contribution >= 4 is 6.09 Å². The molecule has 0 aromatic heterocycles. The Morgan fingerprint density at radius 3 is 2.67 bits per heavy atom. The number of amides is 1. The van der Waals surface area contributed by atoms with Crippen molar-refractivity contribution in [3.05, 3.63) is 0 Å². The van der Waals surface area contributed by atoms with Crippen LogP contribution in [0, 0.1) is 0 Å². The molecule has 0 rings (SSSR count). The van der Waals surface area contributed by atoms with Gasteiger partial charge in [0.1, 0.15) is 0 Å². The van der Waals surface area contributed by atoms with Gasteiger partial charge in [0.25, 0.3) is 0 Å². The number of nitrogens with one attached hydrogen (secondary N) is 1. The van der Waals surface area contributed by atoms with Gasteiger partial charge in [-0.3, -0.25) is 0 Å². The van der Waals surface area contributed by atoms with Gasteiger partial charge in [0.05, 0.1) is 6.61 Å². The molecule has 0 aromatic carbocycles. The van der Waals surface area contributed by atoms with E-state index in [1.807, 2.05) is 14.1 Å². The minimum Gasteiger partial charge on any atom is -0.450 e. The molecule has 0 spiro atoms. The van der Waals surface area contributed by atoms with Gasteiger partial charge in [-0.15, -0.1) is 0 Å². The lowest BCUT2D eigenvalue weighted by Crippen LogP contribution is -2.27. The molecule has 0 aliphatic heterocycles. The van der Waals surface area contributed by atoms with Crippen LogP contribution in [0.5, 0.6) is 0 Å². The molecule has 1 amide bonds. The normalized spacial score (nSPS) is 10.0. The van der Waals surface area contributed by atoms with Crippen LogP contribution in [0.4, 0.5) is 4.79 Å². The van der Waals surface area contributed by atoms with Crippen molar-refractivity contribution < 1.29 is 9.53 Å². The van der Waals surface area contributed by atoms with Crippen LogP contribution < -0.4 is 5.32 Å². The smallest absolute Gasteiger partial charge is 0.407 e. The summed E-state index contributed by atoms with van der Waals surface area (Å²) in [4.78, 5) is 12.8. The predicted molar refractivity (Wildman–Crippen MR) is 48.2 cm³/mol. The Balaban J connectivity index is 3.14. The second kappa shape index (κ2) is 6.91. The number of carbonyl (C=O) groups excluding carboxylic acids is 1. The van der Waals surface area contributed by atoms with Gasteiger partial charge in [-0.1, -0.05) is 0 Å². The molecule has 0 heterocycles. The quantitative estimate of drug-likeness (QED) is 0.623. The fraction of sp³-hybridized carbons (Fsp3) is 0.875. The molecule has 0 aromatic rings. The van der Waals surface area contributed by atoms with Crippen LogP contribution in [0.3, 0.4) is 0 Å². The van der Waals surface area contributed by atoms with Crippen molar-refractivity contribution in [2.24, 2.45) is 0 Å². The van der Waals surface area contributed by atoms with Crippen molar-refractivity contribution in [1.29, 1.82) is 0 Å². The summed E-state index contributed by atoms with van der Waals surface area (Å²) in [6.07, 6.45) is 0.627. The molecule has 0 atom stereocenters. The first kappa shape index (κ1) is 11.2. The van der Waals surface area contributed by atoms with E-state index in [1.165, 1.54) is 0 Å². The lowest BCUT2D eigenvalue weighted by atomic mass is 10.4. The van der Waals surface area contributed by atoms with Gasteiger partial charge in [0.2, 0.25) is 0 Å². The largest absolute Gasteiger partial charge is 0.450 e. The van der Waals surface area contributed by atoms with Crippen molar-refractivity contribution in [3.8, 4) is 0 Å². The predicted octanol–water partition coefficient (Wildman–Crippen LogP) is 0.684. The first-order valence-electron chi connectivity index (χ1n) is 4.22. The summed E-state index contributed by atoms with van der Waals surface area (Å²) < 4.78 is 4.69. The summed E-state index contributed by atoms with van der Waals surface area (Å²) >= 11 is 0. The molecule has 0 saturated heterocycles. The summed E-state index contributed by atoms with van der Waals surface area (Å²) in [6, 6.07) is 0. The molecular formula is C8H18N2O2. The molecule has 0 radical (unpaired) electrons. The minimum absolute atomic E-state index is 0.323. The second-order valence-corrected chi connectivity index (χ2v) is 2.80. The number of alkyl carbamates (subject to hydrolysis) is 1. The van der Waals surface area contributed by atoms with Crippen LogP contribution in [-0.2, 0) is 4.74 Å². The molecule has 0 aliphatic rings. The highest BCUT2D eigenvalue weighted by atomic mass is 16.5. The Morgan fingerprint density at radius 1 is 1.50 bits per heavy atom. The maximum absolute atomic E-state index is 10.7. The number of carbonyl (C=O) groups is 1. The lowest BCUT2D eigenvalue weighted by Gasteiger charge is -2.09. The van der Waals surface area contributed by atoms with Gasteiger partial charge < -0.3 is 15.0 Å². The Morgan fingerprint density at radius 2 is 2.17 bits per heavy atom. The second-order valence-electron chi connectivity index (χ2n) is 2.80. The number of hydrogen-bond acceptors (Lipinski definition) is 3. The molecule has 72 valence electrons. The molecule has 4 nitrogen and oxygen atoms in total. The first-order chi connectivity index (χ1) is 5.66. The van der Waals surface area contributed by atoms with Crippen molar-refractivity contribution in [2.45, 2.75) is 13.3 Å². The van der Waals surface area contributed by atoms with E-state index in [9.17, 15) is 4.79 Å². The molecule has 0 unspecified atom stereocenters.